The van der Waals surface area contributed by atoms with Crippen LogP contribution >= 0.6 is 27.7 Å². The average molecular weight is 458 g/mol. The van der Waals surface area contributed by atoms with Gasteiger partial charge in [-0.1, -0.05) is 27.7 Å². The van der Waals surface area contributed by atoms with Crippen molar-refractivity contribution in [3.8, 4) is 17.1 Å². The molecule has 0 bridgehead atoms. The maximum atomic E-state index is 10.7. The van der Waals surface area contributed by atoms with Crippen LogP contribution in [-0.2, 0) is 5.75 Å². The Morgan fingerprint density at radius 1 is 1.11 bits per heavy atom. The topological polar surface area (TPSA) is 99.9 Å². The Morgan fingerprint density at radius 3 is 2.57 bits per heavy atom. The van der Waals surface area contributed by atoms with Gasteiger partial charge in [-0.2, -0.15) is 0 Å². The molecule has 0 radical (unpaired) electrons. The van der Waals surface area contributed by atoms with Gasteiger partial charge >= 0.3 is 0 Å². The first-order valence-corrected chi connectivity index (χ1v) is 9.87. The van der Waals surface area contributed by atoms with E-state index in [4.69, 9.17) is 4.42 Å². The largest absolute Gasteiger partial charge is 0.420 e. The highest BCUT2D eigenvalue weighted by Crippen LogP contribution is 2.26. The molecular formula is C18H12BrN5O3S. The van der Waals surface area contributed by atoms with E-state index in [9.17, 15) is 10.1 Å². The molecule has 2 aromatic heterocycles. The van der Waals surface area contributed by atoms with E-state index in [0.717, 1.165) is 15.3 Å². The number of thioether (sulfide) groups is 1. The Kier molecular flexibility index (Phi) is 5.22. The third kappa shape index (κ3) is 3.97. The Hall–Kier alpha value is -2.98. The van der Waals surface area contributed by atoms with Crippen LogP contribution in [-0.4, -0.2) is 24.7 Å². The number of hydrogen-bond acceptors (Lipinski definition) is 7. The third-order valence-electron chi connectivity index (χ3n) is 3.83. The highest BCUT2D eigenvalue weighted by molar-refractivity contribution is 9.10. The smallest absolute Gasteiger partial charge is 0.269 e. The quantitative estimate of drug-likeness (QED) is 0.231. The van der Waals surface area contributed by atoms with Gasteiger partial charge in [0.2, 0.25) is 11.8 Å². The molecule has 0 saturated heterocycles. The molecule has 0 unspecified atom stereocenters. The lowest BCUT2D eigenvalue weighted by Crippen LogP contribution is -1.95. The van der Waals surface area contributed by atoms with Gasteiger partial charge in [-0.3, -0.25) is 14.7 Å². The molecule has 28 heavy (non-hydrogen) atoms. The van der Waals surface area contributed by atoms with Crippen molar-refractivity contribution in [3.05, 3.63) is 81.4 Å². The zero-order valence-electron chi connectivity index (χ0n) is 14.2. The lowest BCUT2D eigenvalue weighted by Gasteiger charge is -2.06. The third-order valence-corrected chi connectivity index (χ3v) is 5.31. The number of aromatic nitrogens is 4. The summed E-state index contributed by atoms with van der Waals surface area (Å²) in [5, 5.41) is 19.6. The number of benzene rings is 2. The maximum Gasteiger partial charge on any atom is 0.269 e. The molecule has 4 aromatic rings. The van der Waals surface area contributed by atoms with Gasteiger partial charge in [-0.05, 0) is 36.4 Å². The van der Waals surface area contributed by atoms with E-state index in [1.807, 2.05) is 35.0 Å². The zero-order chi connectivity index (χ0) is 19.5. The number of halogens is 1. The van der Waals surface area contributed by atoms with E-state index >= 15 is 0 Å². The SMILES string of the molecule is O=[N+]([O-])c1ccc(-c2nnc(CSc3nccn3-c3ccc(Br)cc3)o2)cc1. The molecule has 8 nitrogen and oxygen atoms in total. The minimum Gasteiger partial charge on any atom is -0.420 e. The molecule has 0 saturated carbocycles. The van der Waals surface area contributed by atoms with Gasteiger partial charge in [-0.15, -0.1) is 10.2 Å². The van der Waals surface area contributed by atoms with E-state index in [0.29, 0.717) is 23.1 Å². The predicted molar refractivity (Wildman–Crippen MR) is 107 cm³/mol. The Morgan fingerprint density at radius 2 is 1.86 bits per heavy atom. The average Bonchev–Trinajstić information content (AvgIpc) is 3.36. The molecule has 2 aromatic carbocycles. The Balaban J connectivity index is 1.46. The van der Waals surface area contributed by atoms with Crippen LogP contribution in [0.4, 0.5) is 5.69 Å². The number of nitrogens with zero attached hydrogens (tertiary/aromatic N) is 5. The van der Waals surface area contributed by atoms with Gasteiger partial charge < -0.3 is 4.42 Å². The summed E-state index contributed by atoms with van der Waals surface area (Å²) in [6.07, 6.45) is 3.63. The van der Waals surface area contributed by atoms with Gasteiger partial charge in [-0.25, -0.2) is 4.98 Å². The highest BCUT2D eigenvalue weighted by Gasteiger charge is 2.13. The van der Waals surface area contributed by atoms with Crippen molar-refractivity contribution >= 4 is 33.4 Å². The Bertz CT molecular complexity index is 1110. The summed E-state index contributed by atoms with van der Waals surface area (Å²) < 4.78 is 8.66. The van der Waals surface area contributed by atoms with E-state index < -0.39 is 4.92 Å². The molecule has 4 rings (SSSR count). The van der Waals surface area contributed by atoms with Crippen molar-refractivity contribution in [3.63, 3.8) is 0 Å². The molecule has 0 atom stereocenters. The van der Waals surface area contributed by atoms with E-state index in [1.165, 1.54) is 23.9 Å². The van der Waals surface area contributed by atoms with E-state index in [2.05, 4.69) is 31.1 Å². The van der Waals surface area contributed by atoms with Crippen LogP contribution in [0.2, 0.25) is 0 Å². The summed E-state index contributed by atoms with van der Waals surface area (Å²) in [5.74, 6) is 1.22. The Labute approximate surface area is 171 Å². The number of imidazole rings is 1. The number of nitro benzene ring substituents is 1. The normalized spacial score (nSPS) is 10.9. The molecule has 0 aliphatic heterocycles. The summed E-state index contributed by atoms with van der Waals surface area (Å²) in [7, 11) is 0. The summed E-state index contributed by atoms with van der Waals surface area (Å²) in [6, 6.07) is 13.9. The molecule has 10 heteroatoms. The summed E-state index contributed by atoms with van der Waals surface area (Å²) >= 11 is 4.91. The highest BCUT2D eigenvalue weighted by atomic mass is 79.9. The summed E-state index contributed by atoms with van der Waals surface area (Å²) in [6.45, 7) is 0. The fraction of sp³-hybridized carbons (Fsp3) is 0.0556. The second-order valence-electron chi connectivity index (χ2n) is 5.65. The first kappa shape index (κ1) is 18.4. The standard InChI is InChI=1S/C18H12BrN5O3S/c19-13-3-7-14(8-4-13)23-10-9-20-18(23)28-11-16-21-22-17(27-16)12-1-5-15(6-2-12)24(25)26/h1-10H,11H2. The summed E-state index contributed by atoms with van der Waals surface area (Å²) in [5.41, 5.74) is 1.64. The van der Waals surface area contributed by atoms with Crippen molar-refractivity contribution < 1.29 is 9.34 Å². The van der Waals surface area contributed by atoms with Crippen molar-refractivity contribution in [1.82, 2.24) is 19.7 Å². The van der Waals surface area contributed by atoms with Crippen LogP contribution in [0, 0.1) is 10.1 Å². The lowest BCUT2D eigenvalue weighted by atomic mass is 10.2. The van der Waals surface area contributed by atoms with Crippen molar-refractivity contribution in [1.29, 1.82) is 0 Å². The van der Waals surface area contributed by atoms with Crippen LogP contribution in [0.25, 0.3) is 17.1 Å². The van der Waals surface area contributed by atoms with E-state index in [-0.39, 0.29) is 5.69 Å². The molecule has 0 spiro atoms. The van der Waals surface area contributed by atoms with Gasteiger partial charge in [0.25, 0.3) is 5.69 Å². The fourth-order valence-corrected chi connectivity index (χ4v) is 3.55. The maximum absolute atomic E-state index is 10.7. The molecule has 0 fully saturated rings. The van der Waals surface area contributed by atoms with E-state index in [1.54, 1.807) is 18.3 Å². The minimum atomic E-state index is -0.451. The first-order valence-electron chi connectivity index (χ1n) is 8.09. The molecule has 0 N–H and O–H groups in total. The number of rotatable bonds is 6. The van der Waals surface area contributed by atoms with Crippen LogP contribution in [0.5, 0.6) is 0 Å². The molecule has 0 aliphatic carbocycles. The number of non-ortho nitro benzene ring substituents is 1. The monoisotopic (exact) mass is 457 g/mol. The molecular weight excluding hydrogens is 446 g/mol. The van der Waals surface area contributed by atoms with Crippen molar-refractivity contribution in [2.24, 2.45) is 0 Å². The second kappa shape index (κ2) is 7.95. The molecule has 0 amide bonds. The van der Waals surface area contributed by atoms with Gasteiger partial charge in [0, 0.05) is 40.2 Å². The van der Waals surface area contributed by atoms with Crippen LogP contribution in [0.3, 0.4) is 0 Å². The predicted octanol–water partition coefficient (Wildman–Crippen LogP) is 4.89. The van der Waals surface area contributed by atoms with Crippen molar-refractivity contribution in [2.45, 2.75) is 10.9 Å². The van der Waals surface area contributed by atoms with Crippen LogP contribution in [0.15, 0.2) is 75.0 Å². The van der Waals surface area contributed by atoms with Gasteiger partial charge in [0.05, 0.1) is 10.7 Å². The summed E-state index contributed by atoms with van der Waals surface area (Å²) in [4.78, 5) is 14.7. The first-order chi connectivity index (χ1) is 13.6. The van der Waals surface area contributed by atoms with Gasteiger partial charge in [0.1, 0.15) is 0 Å². The number of hydrogen-bond donors (Lipinski definition) is 0. The minimum absolute atomic E-state index is 0.0128. The number of nitro groups is 1. The lowest BCUT2D eigenvalue weighted by molar-refractivity contribution is -0.384. The fourth-order valence-electron chi connectivity index (χ4n) is 2.48. The van der Waals surface area contributed by atoms with Crippen molar-refractivity contribution in [2.75, 3.05) is 0 Å². The van der Waals surface area contributed by atoms with Crippen LogP contribution < -0.4 is 0 Å². The zero-order valence-corrected chi connectivity index (χ0v) is 16.6. The molecule has 140 valence electrons. The molecule has 0 aliphatic rings. The van der Waals surface area contributed by atoms with Crippen LogP contribution in [0.1, 0.15) is 5.89 Å². The second-order valence-corrected chi connectivity index (χ2v) is 7.51. The molecule has 2 heterocycles. The van der Waals surface area contributed by atoms with Gasteiger partial charge in [0.15, 0.2) is 5.16 Å².